The van der Waals surface area contributed by atoms with Crippen LogP contribution in [0.2, 0.25) is 15.1 Å². The molecule has 2 heterocycles. The van der Waals surface area contributed by atoms with Gasteiger partial charge in [-0.25, -0.2) is 8.42 Å². The summed E-state index contributed by atoms with van der Waals surface area (Å²) in [6, 6.07) is 11.7. The zero-order valence-electron chi connectivity index (χ0n) is 15.6. The molecule has 158 valence electrons. The Balaban J connectivity index is 1.41. The fourth-order valence-corrected chi connectivity index (χ4v) is 5.58. The number of piperazine rings is 1. The van der Waals surface area contributed by atoms with E-state index in [0.29, 0.717) is 60.0 Å². The normalized spacial score (nSPS) is 16.1. The first-order chi connectivity index (χ1) is 14.3. The molecular formula is C19H17Cl3N4O3S. The van der Waals surface area contributed by atoms with Gasteiger partial charge in [-0.3, -0.25) is 4.90 Å². The largest absolute Gasteiger partial charge is 0.338 e. The minimum Gasteiger partial charge on any atom is -0.338 e. The highest BCUT2D eigenvalue weighted by atomic mass is 35.5. The van der Waals surface area contributed by atoms with Gasteiger partial charge in [0.25, 0.3) is 0 Å². The molecule has 0 radical (unpaired) electrons. The molecule has 1 aliphatic rings. The van der Waals surface area contributed by atoms with Gasteiger partial charge in [0.2, 0.25) is 21.7 Å². The van der Waals surface area contributed by atoms with E-state index in [9.17, 15) is 8.42 Å². The number of aromatic nitrogens is 2. The summed E-state index contributed by atoms with van der Waals surface area (Å²) >= 11 is 18.2. The molecule has 11 heteroatoms. The molecule has 3 aromatic rings. The van der Waals surface area contributed by atoms with Crippen LogP contribution in [0.3, 0.4) is 0 Å². The van der Waals surface area contributed by atoms with E-state index in [0.717, 1.165) is 0 Å². The van der Waals surface area contributed by atoms with Gasteiger partial charge >= 0.3 is 0 Å². The molecule has 1 aliphatic heterocycles. The Morgan fingerprint density at radius 3 is 2.43 bits per heavy atom. The van der Waals surface area contributed by atoms with Crippen molar-refractivity contribution in [3.05, 3.63) is 63.4 Å². The molecule has 0 bridgehead atoms. The molecule has 0 saturated carbocycles. The molecular weight excluding hydrogens is 471 g/mol. The molecule has 0 spiro atoms. The zero-order valence-corrected chi connectivity index (χ0v) is 18.7. The first-order valence-corrected chi connectivity index (χ1v) is 11.7. The van der Waals surface area contributed by atoms with Crippen LogP contribution in [0.1, 0.15) is 5.89 Å². The van der Waals surface area contributed by atoms with Gasteiger partial charge in [0.05, 0.1) is 16.6 Å². The summed E-state index contributed by atoms with van der Waals surface area (Å²) in [4.78, 5) is 6.48. The van der Waals surface area contributed by atoms with Crippen LogP contribution in [0, 0.1) is 0 Å². The number of sulfonamides is 1. The van der Waals surface area contributed by atoms with Crippen molar-refractivity contribution in [2.75, 3.05) is 26.2 Å². The number of halogens is 3. The van der Waals surface area contributed by atoms with E-state index < -0.39 is 10.0 Å². The van der Waals surface area contributed by atoms with Gasteiger partial charge in [0.1, 0.15) is 4.90 Å². The van der Waals surface area contributed by atoms with Crippen molar-refractivity contribution in [1.82, 2.24) is 19.3 Å². The van der Waals surface area contributed by atoms with Crippen LogP contribution in [0.25, 0.3) is 11.4 Å². The second-order valence-corrected chi connectivity index (χ2v) is 9.90. The molecule has 0 N–H and O–H groups in total. The third-order valence-corrected chi connectivity index (χ3v) is 7.73. The van der Waals surface area contributed by atoms with E-state index in [1.165, 1.54) is 16.4 Å². The second-order valence-electron chi connectivity index (χ2n) is 6.75. The lowest BCUT2D eigenvalue weighted by Crippen LogP contribution is -2.48. The lowest BCUT2D eigenvalue weighted by molar-refractivity contribution is 0.163. The van der Waals surface area contributed by atoms with Crippen molar-refractivity contribution >= 4 is 44.8 Å². The number of hydrogen-bond acceptors (Lipinski definition) is 6. The number of benzene rings is 2. The minimum atomic E-state index is -3.72. The third-order valence-electron chi connectivity index (χ3n) is 4.78. The number of rotatable bonds is 5. The van der Waals surface area contributed by atoms with Gasteiger partial charge in [0.15, 0.2) is 0 Å². The molecule has 0 aliphatic carbocycles. The summed E-state index contributed by atoms with van der Waals surface area (Å²) in [6.45, 7) is 2.08. The van der Waals surface area contributed by atoms with Gasteiger partial charge in [0, 0.05) is 36.8 Å². The highest BCUT2D eigenvalue weighted by Gasteiger charge is 2.30. The van der Waals surface area contributed by atoms with Gasteiger partial charge < -0.3 is 4.52 Å². The molecule has 4 rings (SSSR count). The summed E-state index contributed by atoms with van der Waals surface area (Å²) in [5, 5.41) is 5.01. The van der Waals surface area contributed by atoms with Crippen LogP contribution < -0.4 is 0 Å². The minimum absolute atomic E-state index is 0.0198. The van der Waals surface area contributed by atoms with Crippen molar-refractivity contribution in [3.8, 4) is 11.4 Å². The predicted octanol–water partition coefficient (Wildman–Crippen LogP) is 4.20. The molecule has 2 aromatic carbocycles. The van der Waals surface area contributed by atoms with Crippen molar-refractivity contribution in [2.24, 2.45) is 0 Å². The average Bonchev–Trinajstić information content (AvgIpc) is 3.18. The van der Waals surface area contributed by atoms with Crippen LogP contribution in [0.4, 0.5) is 0 Å². The summed E-state index contributed by atoms with van der Waals surface area (Å²) in [5.74, 6) is 0.867. The van der Waals surface area contributed by atoms with Crippen LogP contribution in [-0.4, -0.2) is 53.9 Å². The first kappa shape index (κ1) is 21.5. The summed E-state index contributed by atoms with van der Waals surface area (Å²) in [6.07, 6.45) is 0. The lowest BCUT2D eigenvalue weighted by Gasteiger charge is -2.33. The van der Waals surface area contributed by atoms with Gasteiger partial charge in [-0.2, -0.15) is 9.29 Å². The second kappa shape index (κ2) is 8.82. The van der Waals surface area contributed by atoms with E-state index >= 15 is 0 Å². The van der Waals surface area contributed by atoms with E-state index in [2.05, 4.69) is 15.0 Å². The lowest BCUT2D eigenvalue weighted by atomic mass is 10.2. The van der Waals surface area contributed by atoms with Gasteiger partial charge in [-0.05, 0) is 30.3 Å². The van der Waals surface area contributed by atoms with Crippen LogP contribution >= 0.6 is 34.8 Å². The highest BCUT2D eigenvalue weighted by Crippen LogP contribution is 2.29. The Bertz CT molecular complexity index is 1160. The fourth-order valence-electron chi connectivity index (χ4n) is 3.20. The third kappa shape index (κ3) is 4.49. The number of hydrogen-bond donors (Lipinski definition) is 0. The zero-order chi connectivity index (χ0) is 21.3. The maximum atomic E-state index is 12.9. The Morgan fingerprint density at radius 2 is 1.70 bits per heavy atom. The van der Waals surface area contributed by atoms with E-state index in [1.54, 1.807) is 12.1 Å². The Labute approximate surface area is 189 Å². The summed E-state index contributed by atoms with van der Waals surface area (Å²) in [5.41, 5.74) is 0.698. The average molecular weight is 488 g/mol. The van der Waals surface area contributed by atoms with Crippen molar-refractivity contribution in [3.63, 3.8) is 0 Å². The standard InChI is InChI=1S/C19H17Cl3N4O3S/c20-13-5-6-16(22)17(11-13)30(27,28)26-9-7-25(8-10-26)12-18-23-19(24-29-18)14-3-1-2-4-15(14)21/h1-6,11H,7-10,12H2. The Kier molecular flexibility index (Phi) is 6.34. The Hall–Kier alpha value is -1.68. The molecule has 7 nitrogen and oxygen atoms in total. The molecule has 1 aromatic heterocycles. The number of nitrogens with zero attached hydrogens (tertiary/aromatic N) is 4. The summed E-state index contributed by atoms with van der Waals surface area (Å²) < 4.78 is 32.6. The molecule has 1 fully saturated rings. The monoisotopic (exact) mass is 486 g/mol. The van der Waals surface area contributed by atoms with E-state index in [4.69, 9.17) is 39.3 Å². The molecule has 0 amide bonds. The molecule has 0 unspecified atom stereocenters. The van der Waals surface area contributed by atoms with Gasteiger partial charge in [-0.15, -0.1) is 0 Å². The fraction of sp³-hybridized carbons (Fsp3) is 0.263. The van der Waals surface area contributed by atoms with E-state index in [-0.39, 0.29) is 9.92 Å². The first-order valence-electron chi connectivity index (χ1n) is 9.09. The van der Waals surface area contributed by atoms with Crippen LogP contribution in [-0.2, 0) is 16.6 Å². The molecule has 0 atom stereocenters. The van der Waals surface area contributed by atoms with Gasteiger partial charge in [-0.1, -0.05) is 52.1 Å². The predicted molar refractivity (Wildman–Crippen MR) is 115 cm³/mol. The Morgan fingerprint density at radius 1 is 0.967 bits per heavy atom. The smallest absolute Gasteiger partial charge is 0.244 e. The summed E-state index contributed by atoms with van der Waals surface area (Å²) in [7, 11) is -3.72. The van der Waals surface area contributed by atoms with Crippen molar-refractivity contribution in [1.29, 1.82) is 0 Å². The van der Waals surface area contributed by atoms with Crippen LogP contribution in [0.5, 0.6) is 0 Å². The SMILES string of the molecule is O=S(=O)(c1cc(Cl)ccc1Cl)N1CCN(Cc2nc(-c3ccccc3Cl)no2)CC1. The maximum Gasteiger partial charge on any atom is 0.244 e. The maximum absolute atomic E-state index is 12.9. The van der Waals surface area contributed by atoms with Crippen molar-refractivity contribution < 1.29 is 12.9 Å². The topological polar surface area (TPSA) is 79.5 Å². The quantitative estimate of drug-likeness (QED) is 0.536. The molecule has 30 heavy (non-hydrogen) atoms. The van der Waals surface area contributed by atoms with Crippen LogP contribution in [0.15, 0.2) is 51.9 Å². The molecule has 1 saturated heterocycles. The van der Waals surface area contributed by atoms with Crippen molar-refractivity contribution in [2.45, 2.75) is 11.4 Å². The van der Waals surface area contributed by atoms with E-state index in [1.807, 2.05) is 18.2 Å². The highest BCUT2D eigenvalue weighted by molar-refractivity contribution is 7.89.